The van der Waals surface area contributed by atoms with Crippen LogP contribution in [0.15, 0.2) is 36.7 Å². The quantitative estimate of drug-likeness (QED) is 0.843. The maximum atomic E-state index is 5.79. The highest BCUT2D eigenvalue weighted by atomic mass is 35.5. The van der Waals surface area contributed by atoms with E-state index in [1.54, 1.807) is 6.07 Å². The normalized spacial score (nSPS) is 10.2. The molecule has 1 aromatic heterocycles. The molecule has 0 saturated carbocycles. The Hall–Kier alpha value is -1.61. The Morgan fingerprint density at radius 2 is 1.94 bits per heavy atom. The smallest absolute Gasteiger partial charge is 0.134 e. The van der Waals surface area contributed by atoms with Gasteiger partial charge in [0.05, 0.1) is 0 Å². The van der Waals surface area contributed by atoms with Crippen LogP contribution in [0.25, 0.3) is 0 Å². The Bertz CT molecular complexity index is 500. The molecular weight excluding hydrogens is 234 g/mol. The Morgan fingerprint density at radius 3 is 2.65 bits per heavy atom. The number of halogens is 1. The lowest BCUT2D eigenvalue weighted by Crippen LogP contribution is -2.04. The van der Waals surface area contributed by atoms with Crippen molar-refractivity contribution in [3.8, 4) is 0 Å². The molecule has 1 N–H and O–H groups in total. The minimum atomic E-state index is 0.450. The predicted octanol–water partition coefficient (Wildman–Crippen LogP) is 3.30. The summed E-state index contributed by atoms with van der Waals surface area (Å²) in [4.78, 5) is 7.95. The number of aromatic nitrogens is 2. The summed E-state index contributed by atoms with van der Waals surface area (Å²) in [5.41, 5.74) is 2.63. The molecule has 0 aliphatic rings. The summed E-state index contributed by atoms with van der Waals surface area (Å²) in [7, 11) is 0. The van der Waals surface area contributed by atoms with Crippen LogP contribution in [0.3, 0.4) is 0 Å². The molecule has 1 heterocycles. The van der Waals surface area contributed by atoms with Gasteiger partial charge in [0.15, 0.2) is 0 Å². The number of rotatable bonds is 4. The fraction of sp³-hybridized carbons (Fsp3) is 0.231. The third kappa shape index (κ3) is 3.17. The fourth-order valence-corrected chi connectivity index (χ4v) is 1.84. The van der Waals surface area contributed by atoms with Crippen molar-refractivity contribution in [1.29, 1.82) is 0 Å². The van der Waals surface area contributed by atoms with Gasteiger partial charge in [-0.05, 0) is 17.5 Å². The second kappa shape index (κ2) is 5.64. The van der Waals surface area contributed by atoms with Gasteiger partial charge in [-0.2, -0.15) is 0 Å². The number of anilines is 1. The predicted molar refractivity (Wildman–Crippen MR) is 70.2 cm³/mol. The largest absolute Gasteiger partial charge is 0.366 e. The van der Waals surface area contributed by atoms with Crippen LogP contribution in [0, 0.1) is 0 Å². The van der Waals surface area contributed by atoms with Crippen molar-refractivity contribution in [2.75, 3.05) is 5.32 Å². The van der Waals surface area contributed by atoms with Crippen LogP contribution in [0.2, 0.25) is 5.15 Å². The maximum Gasteiger partial charge on any atom is 0.134 e. The van der Waals surface area contributed by atoms with E-state index in [0.717, 1.165) is 18.8 Å². The van der Waals surface area contributed by atoms with E-state index in [4.69, 9.17) is 11.6 Å². The molecule has 0 aliphatic carbocycles. The monoisotopic (exact) mass is 247 g/mol. The number of hydrogen-bond acceptors (Lipinski definition) is 3. The average molecular weight is 248 g/mol. The molecule has 2 rings (SSSR count). The third-order valence-electron chi connectivity index (χ3n) is 2.59. The minimum absolute atomic E-state index is 0.450. The minimum Gasteiger partial charge on any atom is -0.366 e. The fourth-order valence-electron chi connectivity index (χ4n) is 1.69. The van der Waals surface area contributed by atoms with Crippen molar-refractivity contribution < 1.29 is 0 Å². The zero-order valence-electron chi connectivity index (χ0n) is 9.65. The van der Waals surface area contributed by atoms with Crippen LogP contribution < -0.4 is 5.32 Å². The maximum absolute atomic E-state index is 5.79. The van der Waals surface area contributed by atoms with Crippen LogP contribution in [0.1, 0.15) is 18.1 Å². The van der Waals surface area contributed by atoms with Gasteiger partial charge in [-0.3, -0.25) is 0 Å². The van der Waals surface area contributed by atoms with E-state index in [1.807, 2.05) is 6.07 Å². The average Bonchev–Trinajstić information content (AvgIpc) is 2.37. The van der Waals surface area contributed by atoms with Crippen molar-refractivity contribution in [3.63, 3.8) is 0 Å². The zero-order valence-corrected chi connectivity index (χ0v) is 10.4. The van der Waals surface area contributed by atoms with Crippen molar-refractivity contribution in [2.24, 2.45) is 0 Å². The molecule has 0 radical (unpaired) electrons. The molecule has 0 saturated heterocycles. The van der Waals surface area contributed by atoms with E-state index in [0.29, 0.717) is 5.15 Å². The van der Waals surface area contributed by atoms with Gasteiger partial charge in [0.25, 0.3) is 0 Å². The van der Waals surface area contributed by atoms with E-state index >= 15 is 0 Å². The summed E-state index contributed by atoms with van der Waals surface area (Å²) in [6.45, 7) is 2.90. The van der Waals surface area contributed by atoms with Crippen LogP contribution in [0.4, 0.5) is 5.82 Å². The highest BCUT2D eigenvalue weighted by molar-refractivity contribution is 6.29. The van der Waals surface area contributed by atoms with E-state index < -0.39 is 0 Å². The number of hydrogen-bond donors (Lipinski definition) is 1. The molecule has 0 spiro atoms. The van der Waals surface area contributed by atoms with Gasteiger partial charge in [0, 0.05) is 12.6 Å². The Balaban J connectivity index is 2.07. The molecule has 0 atom stereocenters. The topological polar surface area (TPSA) is 37.8 Å². The number of aryl methyl sites for hydroxylation is 1. The molecule has 0 amide bonds. The van der Waals surface area contributed by atoms with Gasteiger partial charge in [-0.1, -0.05) is 42.8 Å². The van der Waals surface area contributed by atoms with E-state index in [-0.39, 0.29) is 0 Å². The summed E-state index contributed by atoms with van der Waals surface area (Å²) in [5, 5.41) is 3.69. The lowest BCUT2D eigenvalue weighted by atomic mass is 10.1. The molecule has 0 bridgehead atoms. The third-order valence-corrected chi connectivity index (χ3v) is 2.80. The number of benzene rings is 1. The summed E-state index contributed by atoms with van der Waals surface area (Å²) in [6, 6.07) is 10.1. The molecule has 3 nitrogen and oxygen atoms in total. The van der Waals surface area contributed by atoms with Crippen molar-refractivity contribution in [1.82, 2.24) is 9.97 Å². The first-order chi connectivity index (χ1) is 8.29. The molecule has 0 aliphatic heterocycles. The summed E-state index contributed by atoms with van der Waals surface area (Å²) >= 11 is 5.79. The first-order valence-corrected chi connectivity index (χ1v) is 5.95. The highest BCUT2D eigenvalue weighted by Crippen LogP contribution is 2.13. The molecule has 88 valence electrons. The van der Waals surface area contributed by atoms with Gasteiger partial charge in [0.1, 0.15) is 17.3 Å². The second-order valence-electron chi connectivity index (χ2n) is 3.70. The zero-order chi connectivity index (χ0) is 12.1. The van der Waals surface area contributed by atoms with E-state index in [2.05, 4.69) is 40.4 Å². The lowest BCUT2D eigenvalue weighted by Gasteiger charge is -2.09. The van der Waals surface area contributed by atoms with Crippen LogP contribution >= 0.6 is 11.6 Å². The van der Waals surface area contributed by atoms with Crippen LogP contribution in [-0.4, -0.2) is 9.97 Å². The molecule has 2 aromatic rings. The van der Waals surface area contributed by atoms with E-state index in [1.165, 1.54) is 17.5 Å². The van der Waals surface area contributed by atoms with Gasteiger partial charge >= 0.3 is 0 Å². The number of nitrogens with zero attached hydrogens (tertiary/aromatic N) is 2. The standard InChI is InChI=1S/C13H14ClN3/c1-2-10-5-3-4-6-11(10)8-15-13-7-12(14)16-9-17-13/h3-7,9H,2,8H2,1H3,(H,15,16,17). The van der Waals surface area contributed by atoms with Gasteiger partial charge in [-0.25, -0.2) is 9.97 Å². The summed E-state index contributed by atoms with van der Waals surface area (Å²) < 4.78 is 0. The van der Waals surface area contributed by atoms with Crippen LogP contribution in [0.5, 0.6) is 0 Å². The van der Waals surface area contributed by atoms with Gasteiger partial charge in [0.2, 0.25) is 0 Å². The molecule has 0 fully saturated rings. The first kappa shape index (κ1) is 11.9. The van der Waals surface area contributed by atoms with E-state index in [9.17, 15) is 0 Å². The SMILES string of the molecule is CCc1ccccc1CNc1cc(Cl)ncn1. The molecule has 1 aromatic carbocycles. The summed E-state index contributed by atoms with van der Waals surface area (Å²) in [6.07, 6.45) is 2.48. The molecule has 4 heteroatoms. The van der Waals surface area contributed by atoms with Crippen molar-refractivity contribution in [3.05, 3.63) is 52.9 Å². The van der Waals surface area contributed by atoms with Crippen LogP contribution in [-0.2, 0) is 13.0 Å². The van der Waals surface area contributed by atoms with Crippen molar-refractivity contribution in [2.45, 2.75) is 19.9 Å². The lowest BCUT2D eigenvalue weighted by molar-refractivity contribution is 1.03. The molecule has 17 heavy (non-hydrogen) atoms. The highest BCUT2D eigenvalue weighted by Gasteiger charge is 2.00. The van der Waals surface area contributed by atoms with Gasteiger partial charge in [-0.15, -0.1) is 0 Å². The Morgan fingerprint density at radius 1 is 1.18 bits per heavy atom. The summed E-state index contributed by atoms with van der Waals surface area (Å²) in [5.74, 6) is 0.746. The second-order valence-corrected chi connectivity index (χ2v) is 4.09. The van der Waals surface area contributed by atoms with Gasteiger partial charge < -0.3 is 5.32 Å². The Labute approximate surface area is 106 Å². The Kier molecular flexibility index (Phi) is 3.94. The molecule has 0 unspecified atom stereocenters. The number of nitrogens with one attached hydrogen (secondary N) is 1. The van der Waals surface area contributed by atoms with Crippen molar-refractivity contribution >= 4 is 17.4 Å². The molecular formula is C13H14ClN3. The first-order valence-electron chi connectivity index (χ1n) is 5.58.